The summed E-state index contributed by atoms with van der Waals surface area (Å²) in [5, 5.41) is 7.55. The summed E-state index contributed by atoms with van der Waals surface area (Å²) < 4.78 is 7.74. The minimum absolute atomic E-state index is 0.349. The van der Waals surface area contributed by atoms with E-state index in [0.717, 1.165) is 25.2 Å². The second-order valence-electron chi connectivity index (χ2n) is 4.21. The van der Waals surface area contributed by atoms with Crippen LogP contribution in [0.4, 0.5) is 0 Å². The molecule has 0 bridgehead atoms. The Morgan fingerprint density at radius 3 is 3.13 bits per heavy atom. The lowest BCUT2D eigenvalue weighted by atomic mass is 10.2. The molecule has 0 aromatic carbocycles. The van der Waals surface area contributed by atoms with Crippen molar-refractivity contribution in [3.63, 3.8) is 0 Å². The van der Waals surface area contributed by atoms with Crippen molar-refractivity contribution in [3.8, 4) is 0 Å². The molecule has 0 aliphatic carbocycles. The molecule has 0 amide bonds. The summed E-state index contributed by atoms with van der Waals surface area (Å²) in [5.41, 5.74) is 1.09. The number of rotatable bonds is 4. The van der Waals surface area contributed by atoms with E-state index in [9.17, 15) is 0 Å². The number of aromatic nitrogens is 2. The van der Waals surface area contributed by atoms with Crippen LogP contribution in [-0.4, -0.2) is 29.0 Å². The summed E-state index contributed by atoms with van der Waals surface area (Å²) in [6.45, 7) is 3.85. The SMILES string of the molecule is CNCc1ccn(CC2CCC(C)O2)n1. The number of hydrogen-bond donors (Lipinski definition) is 1. The predicted octanol–water partition coefficient (Wildman–Crippen LogP) is 1.17. The van der Waals surface area contributed by atoms with Crippen LogP contribution in [0.15, 0.2) is 12.3 Å². The molecule has 4 heteroatoms. The van der Waals surface area contributed by atoms with Crippen LogP contribution in [0.3, 0.4) is 0 Å². The molecule has 1 saturated heterocycles. The summed E-state index contributed by atoms with van der Waals surface area (Å²) in [7, 11) is 1.93. The van der Waals surface area contributed by atoms with Crippen LogP contribution in [0, 0.1) is 0 Å². The molecule has 1 aromatic heterocycles. The van der Waals surface area contributed by atoms with E-state index < -0.39 is 0 Å². The second-order valence-corrected chi connectivity index (χ2v) is 4.21. The number of hydrogen-bond acceptors (Lipinski definition) is 3. The lowest BCUT2D eigenvalue weighted by molar-refractivity contribution is 0.0436. The first kappa shape index (κ1) is 10.6. The normalized spacial score (nSPS) is 26.0. The Labute approximate surface area is 90.6 Å². The first-order valence-electron chi connectivity index (χ1n) is 5.60. The van der Waals surface area contributed by atoms with Gasteiger partial charge in [-0.25, -0.2) is 0 Å². The first-order valence-corrected chi connectivity index (χ1v) is 5.60. The van der Waals surface area contributed by atoms with Gasteiger partial charge in [-0.05, 0) is 32.9 Å². The molecule has 15 heavy (non-hydrogen) atoms. The average molecular weight is 209 g/mol. The minimum Gasteiger partial charge on any atom is -0.373 e. The maximum Gasteiger partial charge on any atom is 0.0775 e. The van der Waals surface area contributed by atoms with Gasteiger partial charge in [-0.1, -0.05) is 0 Å². The Bertz CT molecular complexity index is 311. The van der Waals surface area contributed by atoms with Gasteiger partial charge in [0, 0.05) is 12.7 Å². The number of nitrogens with one attached hydrogen (secondary N) is 1. The van der Waals surface area contributed by atoms with Crippen molar-refractivity contribution < 1.29 is 4.74 Å². The average Bonchev–Trinajstić information content (AvgIpc) is 2.78. The highest BCUT2D eigenvalue weighted by molar-refractivity contribution is 4.98. The molecular formula is C11H19N3O. The van der Waals surface area contributed by atoms with Crippen LogP contribution >= 0.6 is 0 Å². The molecular weight excluding hydrogens is 190 g/mol. The molecule has 2 unspecified atom stereocenters. The molecule has 1 N–H and O–H groups in total. The van der Waals surface area contributed by atoms with Crippen LogP contribution in [-0.2, 0) is 17.8 Å². The van der Waals surface area contributed by atoms with Gasteiger partial charge in [0.15, 0.2) is 0 Å². The zero-order chi connectivity index (χ0) is 10.7. The molecule has 1 aliphatic rings. The predicted molar refractivity (Wildman–Crippen MR) is 58.6 cm³/mol. The molecule has 1 aliphatic heterocycles. The van der Waals surface area contributed by atoms with Crippen molar-refractivity contribution in [2.45, 2.75) is 45.1 Å². The Kier molecular flexibility index (Phi) is 3.38. The molecule has 2 rings (SSSR count). The molecule has 0 radical (unpaired) electrons. The van der Waals surface area contributed by atoms with Crippen molar-refractivity contribution >= 4 is 0 Å². The van der Waals surface area contributed by atoms with Crippen LogP contribution in [0.1, 0.15) is 25.5 Å². The van der Waals surface area contributed by atoms with Gasteiger partial charge in [0.1, 0.15) is 0 Å². The van der Waals surface area contributed by atoms with Gasteiger partial charge in [0.05, 0.1) is 24.4 Å². The van der Waals surface area contributed by atoms with Crippen LogP contribution in [0.25, 0.3) is 0 Å². The van der Waals surface area contributed by atoms with E-state index in [0.29, 0.717) is 12.2 Å². The van der Waals surface area contributed by atoms with Crippen molar-refractivity contribution in [1.29, 1.82) is 0 Å². The summed E-state index contributed by atoms with van der Waals surface area (Å²) in [6, 6.07) is 2.05. The molecule has 4 nitrogen and oxygen atoms in total. The van der Waals surface area contributed by atoms with Gasteiger partial charge < -0.3 is 10.1 Å². The summed E-state index contributed by atoms with van der Waals surface area (Å²) in [6.07, 6.45) is 5.13. The summed E-state index contributed by atoms with van der Waals surface area (Å²) >= 11 is 0. The van der Waals surface area contributed by atoms with Crippen LogP contribution < -0.4 is 5.32 Å². The third-order valence-electron chi connectivity index (χ3n) is 2.76. The van der Waals surface area contributed by atoms with E-state index in [1.165, 1.54) is 6.42 Å². The monoisotopic (exact) mass is 209 g/mol. The molecule has 2 atom stereocenters. The third-order valence-corrected chi connectivity index (χ3v) is 2.76. The van der Waals surface area contributed by atoms with Gasteiger partial charge in [-0.2, -0.15) is 5.10 Å². The molecule has 1 fully saturated rings. The fraction of sp³-hybridized carbons (Fsp3) is 0.727. The quantitative estimate of drug-likeness (QED) is 0.809. The van der Waals surface area contributed by atoms with Crippen molar-refractivity contribution in [2.75, 3.05) is 7.05 Å². The zero-order valence-electron chi connectivity index (χ0n) is 9.44. The van der Waals surface area contributed by atoms with Crippen LogP contribution in [0.5, 0.6) is 0 Å². The Hall–Kier alpha value is -0.870. The third kappa shape index (κ3) is 2.79. The van der Waals surface area contributed by atoms with E-state index in [1.54, 1.807) is 0 Å². The first-order chi connectivity index (χ1) is 7.28. The molecule has 0 spiro atoms. The van der Waals surface area contributed by atoms with E-state index >= 15 is 0 Å². The number of ether oxygens (including phenoxy) is 1. The van der Waals surface area contributed by atoms with Gasteiger partial charge in [0.25, 0.3) is 0 Å². The Balaban J connectivity index is 1.87. The maximum absolute atomic E-state index is 5.76. The molecule has 84 valence electrons. The number of nitrogens with zero attached hydrogens (tertiary/aromatic N) is 2. The molecule has 1 aromatic rings. The molecule has 0 saturated carbocycles. The highest BCUT2D eigenvalue weighted by atomic mass is 16.5. The largest absolute Gasteiger partial charge is 0.373 e. The Morgan fingerprint density at radius 1 is 1.60 bits per heavy atom. The lowest BCUT2D eigenvalue weighted by Crippen LogP contribution is -2.17. The van der Waals surface area contributed by atoms with Gasteiger partial charge in [-0.15, -0.1) is 0 Å². The fourth-order valence-corrected chi connectivity index (χ4v) is 2.01. The second kappa shape index (κ2) is 4.77. The van der Waals surface area contributed by atoms with Gasteiger partial charge >= 0.3 is 0 Å². The lowest BCUT2D eigenvalue weighted by Gasteiger charge is -2.10. The van der Waals surface area contributed by atoms with Crippen LogP contribution in [0.2, 0.25) is 0 Å². The minimum atomic E-state index is 0.349. The Morgan fingerprint density at radius 2 is 2.47 bits per heavy atom. The summed E-state index contributed by atoms with van der Waals surface area (Å²) in [4.78, 5) is 0. The smallest absolute Gasteiger partial charge is 0.0775 e. The van der Waals surface area contributed by atoms with E-state index in [1.807, 2.05) is 17.9 Å². The summed E-state index contributed by atoms with van der Waals surface area (Å²) in [5.74, 6) is 0. The topological polar surface area (TPSA) is 39.1 Å². The van der Waals surface area contributed by atoms with Crippen molar-refractivity contribution in [2.24, 2.45) is 0 Å². The zero-order valence-corrected chi connectivity index (χ0v) is 9.44. The van der Waals surface area contributed by atoms with Gasteiger partial charge in [-0.3, -0.25) is 4.68 Å². The van der Waals surface area contributed by atoms with E-state index in [4.69, 9.17) is 4.74 Å². The van der Waals surface area contributed by atoms with Gasteiger partial charge in [0.2, 0.25) is 0 Å². The molecule has 2 heterocycles. The standard InChI is InChI=1S/C11H19N3O/c1-9-3-4-11(15-9)8-14-6-5-10(13-14)7-12-2/h5-6,9,11-12H,3-4,7-8H2,1-2H3. The maximum atomic E-state index is 5.76. The van der Waals surface area contributed by atoms with Crippen molar-refractivity contribution in [1.82, 2.24) is 15.1 Å². The van der Waals surface area contributed by atoms with E-state index in [-0.39, 0.29) is 0 Å². The van der Waals surface area contributed by atoms with E-state index in [2.05, 4.69) is 23.4 Å². The highest BCUT2D eigenvalue weighted by Gasteiger charge is 2.22. The fourth-order valence-electron chi connectivity index (χ4n) is 2.01. The highest BCUT2D eigenvalue weighted by Crippen LogP contribution is 2.20. The van der Waals surface area contributed by atoms with Crippen molar-refractivity contribution in [3.05, 3.63) is 18.0 Å².